The normalized spacial score (nSPS) is 12.0. The number of methoxy groups -OCH3 is 1. The Bertz CT molecular complexity index is 1380. The van der Waals surface area contributed by atoms with E-state index in [9.17, 15) is 14.4 Å². The highest BCUT2D eigenvalue weighted by atomic mass is 16.5. The zero-order valence-electron chi connectivity index (χ0n) is 22.3. The van der Waals surface area contributed by atoms with Crippen LogP contribution in [-0.2, 0) is 22.4 Å². The molecule has 0 saturated carbocycles. The maximum Gasteiger partial charge on any atom is 0.329 e. The Morgan fingerprint density at radius 3 is 1.68 bits per heavy atom. The molecule has 7 nitrogen and oxygen atoms in total. The highest BCUT2D eigenvalue weighted by molar-refractivity contribution is 5.97. The molecule has 0 radical (unpaired) electrons. The minimum Gasteiger partial charge on any atom is -0.497 e. The van der Waals surface area contributed by atoms with Crippen molar-refractivity contribution in [3.05, 3.63) is 138 Å². The van der Waals surface area contributed by atoms with E-state index >= 15 is 0 Å². The van der Waals surface area contributed by atoms with Crippen molar-refractivity contribution in [3.63, 3.8) is 0 Å². The van der Waals surface area contributed by atoms with E-state index in [1.807, 2.05) is 66.7 Å². The summed E-state index contributed by atoms with van der Waals surface area (Å²) in [5.41, 5.74) is 2.77. The van der Waals surface area contributed by atoms with Gasteiger partial charge in [-0.15, -0.1) is 0 Å². The molecule has 0 heterocycles. The zero-order chi connectivity index (χ0) is 28.2. The second-order valence-electron chi connectivity index (χ2n) is 9.30. The molecule has 0 bridgehead atoms. The topological polar surface area (TPSA) is 93.7 Å². The quantitative estimate of drug-likeness (QED) is 0.258. The number of rotatable bonds is 12. The summed E-state index contributed by atoms with van der Waals surface area (Å²) in [5, 5.41) is 5.81. The van der Waals surface area contributed by atoms with Crippen molar-refractivity contribution in [2.24, 2.45) is 0 Å². The number of nitrogens with one attached hydrogen (secondary N) is 2. The fourth-order valence-corrected chi connectivity index (χ4v) is 4.21. The van der Waals surface area contributed by atoms with Gasteiger partial charge in [-0.2, -0.15) is 0 Å². The van der Waals surface area contributed by atoms with Crippen molar-refractivity contribution in [1.82, 2.24) is 10.6 Å². The highest BCUT2D eigenvalue weighted by Crippen LogP contribution is 2.14. The molecule has 2 amide bonds. The van der Waals surface area contributed by atoms with Crippen LogP contribution in [0.1, 0.15) is 31.8 Å². The molecule has 0 spiro atoms. The molecule has 4 aromatic rings. The second kappa shape index (κ2) is 14.3. The van der Waals surface area contributed by atoms with E-state index in [0.717, 1.165) is 16.9 Å². The highest BCUT2D eigenvalue weighted by Gasteiger charge is 2.25. The lowest BCUT2D eigenvalue weighted by molar-refractivity contribution is -0.146. The number of esters is 1. The number of hydrogen-bond donors (Lipinski definition) is 2. The van der Waals surface area contributed by atoms with Crippen molar-refractivity contribution >= 4 is 17.8 Å². The van der Waals surface area contributed by atoms with E-state index in [2.05, 4.69) is 10.6 Å². The van der Waals surface area contributed by atoms with Gasteiger partial charge in [0.2, 0.25) is 0 Å². The summed E-state index contributed by atoms with van der Waals surface area (Å²) in [4.78, 5) is 39.2. The largest absolute Gasteiger partial charge is 0.497 e. The number of amides is 2. The van der Waals surface area contributed by atoms with Crippen molar-refractivity contribution in [3.8, 4) is 5.75 Å². The third-order valence-electron chi connectivity index (χ3n) is 6.35. The van der Waals surface area contributed by atoms with Gasteiger partial charge in [0, 0.05) is 17.5 Å². The first-order chi connectivity index (χ1) is 19.5. The van der Waals surface area contributed by atoms with Gasteiger partial charge in [0.05, 0.1) is 13.2 Å². The first-order valence-corrected chi connectivity index (χ1v) is 13.1. The van der Waals surface area contributed by atoms with Gasteiger partial charge in [-0.05, 0) is 53.9 Å². The van der Waals surface area contributed by atoms with Gasteiger partial charge >= 0.3 is 5.97 Å². The number of benzene rings is 4. The first-order valence-electron chi connectivity index (χ1n) is 13.1. The predicted octanol–water partition coefficient (Wildman–Crippen LogP) is 4.62. The molecule has 4 aromatic carbocycles. The Kier molecular flexibility index (Phi) is 10.0. The smallest absolute Gasteiger partial charge is 0.329 e. The molecular formula is C33H32N2O5. The minimum atomic E-state index is -0.915. The molecule has 2 unspecified atom stereocenters. The van der Waals surface area contributed by atoms with Crippen LogP contribution in [0.4, 0.5) is 0 Å². The van der Waals surface area contributed by atoms with E-state index < -0.39 is 18.1 Å². The Morgan fingerprint density at radius 1 is 0.625 bits per heavy atom. The van der Waals surface area contributed by atoms with Crippen LogP contribution in [0, 0.1) is 0 Å². The average molecular weight is 537 g/mol. The third-order valence-corrected chi connectivity index (χ3v) is 6.35. The molecule has 0 aliphatic carbocycles. The Balaban J connectivity index is 1.48. The lowest BCUT2D eigenvalue weighted by Gasteiger charge is -2.22. The van der Waals surface area contributed by atoms with Crippen molar-refractivity contribution in [2.45, 2.75) is 24.9 Å². The van der Waals surface area contributed by atoms with Crippen LogP contribution in [0.2, 0.25) is 0 Å². The molecular weight excluding hydrogens is 504 g/mol. The summed E-state index contributed by atoms with van der Waals surface area (Å²) in [6.45, 7) is -0.0735. The molecule has 0 aliphatic rings. The lowest BCUT2D eigenvalue weighted by Crippen LogP contribution is -2.46. The standard InChI is InChI=1S/C33H32N2O5/c1-39-29-19-17-25(18-20-29)21-28(34-31(36)26-13-7-3-8-14-26)23-40-33(38)30(22-24-11-5-2-6-12-24)35-32(37)27-15-9-4-10-16-27/h2-20,28,30H,21-23H2,1H3,(H,34,36)(H,35,37). The molecule has 0 aliphatic heterocycles. The molecule has 0 fully saturated rings. The van der Waals surface area contributed by atoms with Crippen LogP contribution in [0.3, 0.4) is 0 Å². The Morgan fingerprint density at radius 2 is 1.12 bits per heavy atom. The number of carbonyl (C=O) groups is 3. The molecule has 204 valence electrons. The fourth-order valence-electron chi connectivity index (χ4n) is 4.21. The third kappa shape index (κ3) is 8.30. The lowest BCUT2D eigenvalue weighted by atomic mass is 10.0. The molecule has 2 atom stereocenters. The van der Waals surface area contributed by atoms with Gasteiger partial charge in [0.1, 0.15) is 18.4 Å². The molecule has 0 saturated heterocycles. The summed E-state index contributed by atoms with van der Waals surface area (Å²) in [6, 6.07) is 33.1. The second-order valence-corrected chi connectivity index (χ2v) is 9.30. The summed E-state index contributed by atoms with van der Waals surface area (Å²) in [7, 11) is 1.60. The van der Waals surface area contributed by atoms with Gasteiger partial charge in [-0.25, -0.2) is 4.79 Å². The minimum absolute atomic E-state index is 0.0735. The Labute approximate surface area is 234 Å². The summed E-state index contributed by atoms with van der Waals surface area (Å²) < 4.78 is 11.0. The molecule has 7 heteroatoms. The van der Waals surface area contributed by atoms with E-state index in [1.54, 1.807) is 55.6 Å². The Hall–Kier alpha value is -4.91. The molecule has 4 rings (SSSR count). The van der Waals surface area contributed by atoms with Crippen molar-refractivity contribution < 1.29 is 23.9 Å². The van der Waals surface area contributed by atoms with Gasteiger partial charge in [0.15, 0.2) is 0 Å². The number of ether oxygens (including phenoxy) is 2. The summed E-state index contributed by atoms with van der Waals surface area (Å²) >= 11 is 0. The van der Waals surface area contributed by atoms with Crippen molar-refractivity contribution in [2.75, 3.05) is 13.7 Å². The van der Waals surface area contributed by atoms with E-state index in [4.69, 9.17) is 9.47 Å². The van der Waals surface area contributed by atoms with Gasteiger partial charge in [-0.3, -0.25) is 9.59 Å². The molecule has 0 aromatic heterocycles. The maximum atomic E-state index is 13.3. The summed E-state index contributed by atoms with van der Waals surface area (Å²) in [6.07, 6.45) is 0.688. The van der Waals surface area contributed by atoms with Crippen LogP contribution < -0.4 is 15.4 Å². The van der Waals surface area contributed by atoms with Crippen molar-refractivity contribution in [1.29, 1.82) is 0 Å². The number of carbonyl (C=O) groups excluding carboxylic acids is 3. The summed E-state index contributed by atoms with van der Waals surface area (Å²) in [5.74, 6) is -0.501. The zero-order valence-corrected chi connectivity index (χ0v) is 22.3. The predicted molar refractivity (Wildman–Crippen MR) is 153 cm³/mol. The SMILES string of the molecule is COc1ccc(CC(COC(=O)C(Cc2ccccc2)NC(=O)c2ccccc2)NC(=O)c2ccccc2)cc1. The van der Waals surface area contributed by atoms with Crippen LogP contribution >= 0.6 is 0 Å². The van der Waals surface area contributed by atoms with E-state index in [-0.39, 0.29) is 24.8 Å². The van der Waals surface area contributed by atoms with Gasteiger partial charge in [0.25, 0.3) is 11.8 Å². The van der Waals surface area contributed by atoms with Crippen LogP contribution in [0.25, 0.3) is 0 Å². The fraction of sp³-hybridized carbons (Fsp3) is 0.182. The van der Waals surface area contributed by atoms with E-state index in [1.165, 1.54) is 0 Å². The number of hydrogen-bond acceptors (Lipinski definition) is 5. The average Bonchev–Trinajstić information content (AvgIpc) is 3.01. The van der Waals surface area contributed by atoms with Gasteiger partial charge in [-0.1, -0.05) is 78.9 Å². The van der Waals surface area contributed by atoms with Crippen LogP contribution in [0.15, 0.2) is 115 Å². The van der Waals surface area contributed by atoms with E-state index in [0.29, 0.717) is 17.5 Å². The molecule has 2 N–H and O–H groups in total. The maximum absolute atomic E-state index is 13.3. The monoisotopic (exact) mass is 536 g/mol. The van der Waals surface area contributed by atoms with Crippen LogP contribution in [-0.4, -0.2) is 43.6 Å². The van der Waals surface area contributed by atoms with Crippen LogP contribution in [0.5, 0.6) is 5.75 Å². The first kappa shape index (κ1) is 28.1. The van der Waals surface area contributed by atoms with Gasteiger partial charge < -0.3 is 20.1 Å². The molecule has 40 heavy (non-hydrogen) atoms.